The molecule has 33 heavy (non-hydrogen) atoms. The Bertz CT molecular complexity index is 1080. The smallest absolute Gasteiger partial charge is 0.258 e. The number of rotatable bonds is 10. The number of oxazole rings is 1. The van der Waals surface area contributed by atoms with Gasteiger partial charge < -0.3 is 25.1 Å². The lowest BCUT2D eigenvalue weighted by Gasteiger charge is -2.11. The summed E-state index contributed by atoms with van der Waals surface area (Å²) >= 11 is 0. The van der Waals surface area contributed by atoms with Crippen molar-refractivity contribution in [1.29, 1.82) is 0 Å². The Balaban J connectivity index is 1.30. The second-order valence-corrected chi connectivity index (χ2v) is 7.84. The Morgan fingerprint density at radius 1 is 1.15 bits per heavy atom. The van der Waals surface area contributed by atoms with Gasteiger partial charge in [-0.15, -0.1) is 0 Å². The number of aromatic nitrogens is 1. The zero-order chi connectivity index (χ0) is 22.9. The largest absolute Gasteiger partial charge is 0.484 e. The van der Waals surface area contributed by atoms with Gasteiger partial charge in [-0.1, -0.05) is 30.3 Å². The number of nitrogens with zero attached hydrogens (tertiary/aromatic N) is 2. The van der Waals surface area contributed by atoms with Crippen LogP contribution in [0.25, 0.3) is 11.5 Å². The molecule has 8 heteroatoms. The van der Waals surface area contributed by atoms with Gasteiger partial charge in [0.1, 0.15) is 12.0 Å². The maximum absolute atomic E-state index is 11.8. The Hall–Kier alpha value is -3.81. The number of benzene rings is 2. The third-order valence-corrected chi connectivity index (χ3v) is 4.98. The Labute approximate surface area is 193 Å². The van der Waals surface area contributed by atoms with Crippen molar-refractivity contribution in [1.82, 2.24) is 20.9 Å². The molecule has 4 rings (SSSR count). The summed E-state index contributed by atoms with van der Waals surface area (Å²) in [6, 6.07) is 17.8. The quantitative estimate of drug-likeness (QED) is 0.326. The molecule has 1 fully saturated rings. The molecule has 0 spiro atoms. The average molecular weight is 448 g/mol. The highest BCUT2D eigenvalue weighted by Gasteiger charge is 2.23. The molecule has 1 saturated carbocycles. The molecule has 1 aliphatic rings. The number of hydrogen-bond donors (Lipinski definition) is 3. The highest BCUT2D eigenvalue weighted by molar-refractivity contribution is 5.79. The SMILES string of the molecule is CCNC(=NCc1cccc(OCC(=O)NC2CC2)c1)NCc1coc(-c2ccccc2)n1. The Morgan fingerprint density at radius 3 is 2.79 bits per heavy atom. The number of carbonyl (C=O) groups excluding carboxylic acids is 1. The molecule has 1 amide bonds. The van der Waals surface area contributed by atoms with Gasteiger partial charge in [-0.2, -0.15) is 0 Å². The lowest BCUT2D eigenvalue weighted by Crippen LogP contribution is -2.36. The van der Waals surface area contributed by atoms with Gasteiger partial charge >= 0.3 is 0 Å². The summed E-state index contributed by atoms with van der Waals surface area (Å²) in [7, 11) is 0. The zero-order valence-electron chi connectivity index (χ0n) is 18.7. The molecule has 0 radical (unpaired) electrons. The van der Waals surface area contributed by atoms with E-state index in [0.29, 0.717) is 36.7 Å². The molecule has 8 nitrogen and oxygen atoms in total. The van der Waals surface area contributed by atoms with Gasteiger partial charge in [0, 0.05) is 18.2 Å². The standard InChI is InChI=1S/C25H29N5O3/c1-2-26-25(28-15-21-16-33-24(30-21)19-8-4-3-5-9-19)27-14-18-7-6-10-22(13-18)32-17-23(31)29-20-11-12-20/h3-10,13,16,20H,2,11-12,14-15,17H2,1H3,(H,29,31)(H2,26,27,28). The van der Waals surface area contributed by atoms with Gasteiger partial charge in [-0.3, -0.25) is 4.79 Å². The Morgan fingerprint density at radius 2 is 2.00 bits per heavy atom. The molecule has 0 atom stereocenters. The van der Waals surface area contributed by atoms with Crippen molar-refractivity contribution < 1.29 is 13.9 Å². The van der Waals surface area contributed by atoms with E-state index in [4.69, 9.17) is 9.15 Å². The van der Waals surface area contributed by atoms with E-state index in [1.165, 1.54) is 0 Å². The van der Waals surface area contributed by atoms with Gasteiger partial charge in [0.15, 0.2) is 12.6 Å². The molecule has 1 heterocycles. The monoisotopic (exact) mass is 447 g/mol. The number of amides is 1. The van der Waals surface area contributed by atoms with E-state index >= 15 is 0 Å². The van der Waals surface area contributed by atoms with Gasteiger partial charge in [0.05, 0.1) is 18.8 Å². The van der Waals surface area contributed by atoms with E-state index in [0.717, 1.165) is 36.2 Å². The van der Waals surface area contributed by atoms with E-state index < -0.39 is 0 Å². The van der Waals surface area contributed by atoms with Gasteiger partial charge in [-0.05, 0) is 49.6 Å². The average Bonchev–Trinajstić information content (AvgIpc) is 3.53. The fourth-order valence-corrected chi connectivity index (χ4v) is 3.17. The fourth-order valence-electron chi connectivity index (χ4n) is 3.17. The van der Waals surface area contributed by atoms with E-state index in [-0.39, 0.29) is 12.5 Å². The van der Waals surface area contributed by atoms with Crippen molar-refractivity contribution in [2.45, 2.75) is 38.9 Å². The van der Waals surface area contributed by atoms with Crippen molar-refractivity contribution in [3.63, 3.8) is 0 Å². The summed E-state index contributed by atoms with van der Waals surface area (Å²) in [6.07, 6.45) is 3.78. The van der Waals surface area contributed by atoms with Crippen LogP contribution in [0.2, 0.25) is 0 Å². The molecule has 2 aromatic carbocycles. The molecular formula is C25H29N5O3. The van der Waals surface area contributed by atoms with E-state index in [2.05, 4.69) is 25.9 Å². The van der Waals surface area contributed by atoms with Gasteiger partial charge in [0.2, 0.25) is 5.89 Å². The number of aliphatic imine (C=N–C) groups is 1. The fraction of sp³-hybridized carbons (Fsp3) is 0.320. The van der Waals surface area contributed by atoms with Crippen molar-refractivity contribution in [2.75, 3.05) is 13.2 Å². The van der Waals surface area contributed by atoms with Crippen LogP contribution in [-0.4, -0.2) is 36.0 Å². The van der Waals surface area contributed by atoms with Crippen LogP contribution in [0.5, 0.6) is 5.75 Å². The molecule has 0 aliphatic heterocycles. The normalized spacial score (nSPS) is 13.4. The molecule has 1 aromatic heterocycles. The molecule has 0 saturated heterocycles. The molecule has 172 valence electrons. The third-order valence-electron chi connectivity index (χ3n) is 4.98. The summed E-state index contributed by atoms with van der Waals surface area (Å²) in [5, 5.41) is 9.44. The summed E-state index contributed by atoms with van der Waals surface area (Å²) in [6.45, 7) is 3.73. The number of guanidine groups is 1. The molecule has 0 unspecified atom stereocenters. The number of nitrogens with one attached hydrogen (secondary N) is 3. The van der Waals surface area contributed by atoms with Gasteiger partial charge in [0.25, 0.3) is 5.91 Å². The summed E-state index contributed by atoms with van der Waals surface area (Å²) in [5.74, 6) is 1.85. The van der Waals surface area contributed by atoms with Crippen molar-refractivity contribution in [3.8, 4) is 17.2 Å². The minimum atomic E-state index is -0.0807. The number of carbonyl (C=O) groups is 1. The second kappa shape index (κ2) is 11.2. The topological polar surface area (TPSA) is 101 Å². The minimum absolute atomic E-state index is 0.0239. The molecular weight excluding hydrogens is 418 g/mol. The molecule has 3 aromatic rings. The van der Waals surface area contributed by atoms with Crippen molar-refractivity contribution in [2.24, 2.45) is 4.99 Å². The first-order chi connectivity index (χ1) is 16.2. The molecule has 3 N–H and O–H groups in total. The van der Waals surface area contributed by atoms with Crippen LogP contribution in [0, 0.1) is 0 Å². The van der Waals surface area contributed by atoms with E-state index in [1.807, 2.05) is 61.5 Å². The van der Waals surface area contributed by atoms with Crippen molar-refractivity contribution >= 4 is 11.9 Å². The lowest BCUT2D eigenvalue weighted by atomic mass is 10.2. The molecule has 1 aliphatic carbocycles. The minimum Gasteiger partial charge on any atom is -0.484 e. The van der Waals surface area contributed by atoms with Crippen LogP contribution >= 0.6 is 0 Å². The number of hydrogen-bond acceptors (Lipinski definition) is 5. The lowest BCUT2D eigenvalue weighted by molar-refractivity contribution is -0.123. The van der Waals surface area contributed by atoms with Crippen LogP contribution in [0.4, 0.5) is 0 Å². The summed E-state index contributed by atoms with van der Waals surface area (Å²) in [4.78, 5) is 21.0. The van der Waals surface area contributed by atoms with E-state index in [9.17, 15) is 4.79 Å². The van der Waals surface area contributed by atoms with Crippen LogP contribution in [-0.2, 0) is 17.9 Å². The maximum Gasteiger partial charge on any atom is 0.258 e. The molecule has 0 bridgehead atoms. The second-order valence-electron chi connectivity index (χ2n) is 7.84. The predicted octanol–water partition coefficient (Wildman–Crippen LogP) is 3.25. The number of ether oxygens (including phenoxy) is 1. The zero-order valence-corrected chi connectivity index (χ0v) is 18.7. The van der Waals surface area contributed by atoms with Crippen LogP contribution in [0.3, 0.4) is 0 Å². The van der Waals surface area contributed by atoms with E-state index in [1.54, 1.807) is 6.26 Å². The maximum atomic E-state index is 11.8. The highest BCUT2D eigenvalue weighted by atomic mass is 16.5. The first-order valence-electron chi connectivity index (χ1n) is 11.2. The first-order valence-corrected chi connectivity index (χ1v) is 11.2. The van der Waals surface area contributed by atoms with Gasteiger partial charge in [-0.25, -0.2) is 9.98 Å². The highest BCUT2D eigenvalue weighted by Crippen LogP contribution is 2.19. The van der Waals surface area contributed by atoms with Crippen LogP contribution in [0.1, 0.15) is 31.0 Å². The first kappa shape index (κ1) is 22.4. The van der Waals surface area contributed by atoms with Crippen molar-refractivity contribution in [3.05, 3.63) is 72.1 Å². The van der Waals surface area contributed by atoms with Crippen LogP contribution < -0.4 is 20.7 Å². The summed E-state index contributed by atoms with van der Waals surface area (Å²) < 4.78 is 11.2. The van der Waals surface area contributed by atoms with Crippen LogP contribution in [0.15, 0.2) is 70.3 Å². The predicted molar refractivity (Wildman–Crippen MR) is 127 cm³/mol. The Kier molecular flexibility index (Phi) is 7.58. The summed E-state index contributed by atoms with van der Waals surface area (Å²) in [5.41, 5.74) is 2.72. The third kappa shape index (κ3) is 7.10.